The van der Waals surface area contributed by atoms with Crippen molar-refractivity contribution >= 4 is 48.9 Å². The first-order chi connectivity index (χ1) is 8.00. The van der Waals surface area contributed by atoms with Crippen LogP contribution in [0.2, 0.25) is 0 Å². The maximum absolute atomic E-state index is 12.0. The van der Waals surface area contributed by atoms with Crippen molar-refractivity contribution in [1.82, 2.24) is 5.32 Å². The van der Waals surface area contributed by atoms with Crippen molar-refractivity contribution in [3.63, 3.8) is 0 Å². The van der Waals surface area contributed by atoms with Gasteiger partial charge in [0.2, 0.25) is 0 Å². The normalized spacial score (nSPS) is 11.1. The van der Waals surface area contributed by atoms with Crippen LogP contribution in [0.4, 0.5) is 5.69 Å². The number of hydrogen-bond acceptors (Lipinski definition) is 3. The summed E-state index contributed by atoms with van der Waals surface area (Å²) in [7, 11) is 0. The molecular formula is C12H13BrN2OS. The van der Waals surface area contributed by atoms with Crippen LogP contribution in [-0.4, -0.2) is 11.9 Å². The number of benzene rings is 1. The molecule has 0 aliphatic rings. The minimum atomic E-state index is -0.106. The van der Waals surface area contributed by atoms with Gasteiger partial charge in [-0.25, -0.2) is 0 Å². The number of fused-ring (bicyclic) bond motifs is 1. The van der Waals surface area contributed by atoms with Crippen molar-refractivity contribution in [2.45, 2.75) is 19.9 Å². The van der Waals surface area contributed by atoms with Gasteiger partial charge in [-0.15, -0.1) is 11.3 Å². The molecule has 90 valence electrons. The van der Waals surface area contributed by atoms with Gasteiger partial charge < -0.3 is 11.1 Å². The molecule has 3 N–H and O–H groups in total. The molecular weight excluding hydrogens is 300 g/mol. The minimum Gasteiger partial charge on any atom is -0.397 e. The molecule has 1 aromatic heterocycles. The molecule has 0 aliphatic heterocycles. The van der Waals surface area contributed by atoms with Gasteiger partial charge in [0.15, 0.2) is 0 Å². The Bertz CT molecular complexity index is 577. The number of halogens is 1. The lowest BCUT2D eigenvalue weighted by atomic mass is 10.2. The highest BCUT2D eigenvalue weighted by Crippen LogP contribution is 2.38. The molecule has 0 spiro atoms. The third-order valence-corrected chi connectivity index (χ3v) is 4.16. The predicted molar refractivity (Wildman–Crippen MR) is 76.5 cm³/mol. The topological polar surface area (TPSA) is 55.1 Å². The van der Waals surface area contributed by atoms with Crippen molar-refractivity contribution in [2.75, 3.05) is 5.73 Å². The Kier molecular flexibility index (Phi) is 3.40. The zero-order valence-corrected chi connectivity index (χ0v) is 12.0. The summed E-state index contributed by atoms with van der Waals surface area (Å²) in [6.07, 6.45) is 0. The molecule has 0 unspecified atom stereocenters. The predicted octanol–water partition coefficient (Wildman–Crippen LogP) is 3.38. The van der Waals surface area contributed by atoms with E-state index in [0.717, 1.165) is 14.6 Å². The summed E-state index contributed by atoms with van der Waals surface area (Å²) in [5.41, 5.74) is 6.59. The summed E-state index contributed by atoms with van der Waals surface area (Å²) in [4.78, 5) is 12.5. The molecule has 2 rings (SSSR count). The fraction of sp³-hybridized carbons (Fsp3) is 0.250. The second-order valence-electron chi connectivity index (χ2n) is 4.09. The summed E-state index contributed by atoms with van der Waals surface area (Å²) < 4.78 is 1.94. The summed E-state index contributed by atoms with van der Waals surface area (Å²) in [6.45, 7) is 3.86. The Labute approximate surface area is 112 Å². The van der Waals surface area contributed by atoms with E-state index in [4.69, 9.17) is 5.73 Å². The molecule has 0 aliphatic carbocycles. The van der Waals surface area contributed by atoms with Gasteiger partial charge in [0.25, 0.3) is 5.91 Å². The summed E-state index contributed by atoms with van der Waals surface area (Å²) in [6, 6.07) is 5.94. The average Bonchev–Trinajstić information content (AvgIpc) is 2.56. The highest BCUT2D eigenvalue weighted by atomic mass is 79.9. The summed E-state index contributed by atoms with van der Waals surface area (Å²) >= 11 is 4.88. The van der Waals surface area contributed by atoms with E-state index in [9.17, 15) is 4.79 Å². The number of nitrogens with two attached hydrogens (primary N) is 1. The van der Waals surface area contributed by atoms with Crippen LogP contribution in [-0.2, 0) is 0 Å². The quantitative estimate of drug-likeness (QED) is 0.893. The van der Waals surface area contributed by atoms with Gasteiger partial charge in [0, 0.05) is 20.6 Å². The van der Waals surface area contributed by atoms with E-state index < -0.39 is 0 Å². The number of rotatable bonds is 2. The zero-order valence-electron chi connectivity index (χ0n) is 9.58. The van der Waals surface area contributed by atoms with Crippen molar-refractivity contribution in [2.24, 2.45) is 0 Å². The molecule has 5 heteroatoms. The molecule has 0 fully saturated rings. The lowest BCUT2D eigenvalue weighted by Gasteiger charge is -2.06. The van der Waals surface area contributed by atoms with Crippen LogP contribution in [0.1, 0.15) is 23.5 Å². The second kappa shape index (κ2) is 4.66. The van der Waals surface area contributed by atoms with Crippen molar-refractivity contribution < 1.29 is 4.79 Å². The number of nitrogen functional groups attached to an aromatic ring is 1. The van der Waals surface area contributed by atoms with E-state index in [0.29, 0.717) is 10.6 Å². The van der Waals surface area contributed by atoms with Gasteiger partial charge in [-0.2, -0.15) is 0 Å². The average molecular weight is 313 g/mol. The molecule has 0 bridgehead atoms. The molecule has 0 saturated heterocycles. The molecule has 0 radical (unpaired) electrons. The van der Waals surface area contributed by atoms with E-state index in [2.05, 4.69) is 21.2 Å². The highest BCUT2D eigenvalue weighted by Gasteiger charge is 2.18. The standard InChI is InChI=1S/C12H13BrN2OS/c1-6(2)15-12(16)11-10(14)9-7(13)4-3-5-8(9)17-11/h3-6H,14H2,1-2H3,(H,15,16). The van der Waals surface area contributed by atoms with Gasteiger partial charge in [-0.3, -0.25) is 4.79 Å². The van der Waals surface area contributed by atoms with Crippen LogP contribution < -0.4 is 11.1 Å². The SMILES string of the molecule is CC(C)NC(=O)c1sc2cccc(Br)c2c1N. The number of carbonyl (C=O) groups excluding carboxylic acids is 1. The molecule has 17 heavy (non-hydrogen) atoms. The number of carbonyl (C=O) groups is 1. The van der Waals surface area contributed by atoms with Crippen LogP contribution in [0.5, 0.6) is 0 Å². The molecule has 1 aromatic carbocycles. The Hall–Kier alpha value is -1.07. The maximum atomic E-state index is 12.0. The maximum Gasteiger partial charge on any atom is 0.263 e. The lowest BCUT2D eigenvalue weighted by molar-refractivity contribution is 0.0948. The molecule has 1 heterocycles. The summed E-state index contributed by atoms with van der Waals surface area (Å²) in [5, 5.41) is 3.78. The third-order valence-electron chi connectivity index (χ3n) is 2.33. The van der Waals surface area contributed by atoms with Crippen LogP contribution in [0.25, 0.3) is 10.1 Å². The number of amides is 1. The number of hydrogen-bond donors (Lipinski definition) is 2. The minimum absolute atomic E-state index is 0.106. The van der Waals surface area contributed by atoms with Gasteiger partial charge >= 0.3 is 0 Å². The smallest absolute Gasteiger partial charge is 0.263 e. The Morgan fingerprint density at radius 3 is 2.76 bits per heavy atom. The number of anilines is 1. The monoisotopic (exact) mass is 312 g/mol. The largest absolute Gasteiger partial charge is 0.397 e. The van der Waals surface area contributed by atoms with Crippen LogP contribution in [0.3, 0.4) is 0 Å². The van der Waals surface area contributed by atoms with E-state index >= 15 is 0 Å². The fourth-order valence-corrected chi connectivity index (χ4v) is 3.39. The summed E-state index contributed by atoms with van der Waals surface area (Å²) in [5.74, 6) is -0.106. The van der Waals surface area contributed by atoms with E-state index in [1.54, 1.807) is 0 Å². The first-order valence-corrected chi connectivity index (χ1v) is 6.89. The first kappa shape index (κ1) is 12.4. The van der Waals surface area contributed by atoms with Crippen LogP contribution in [0.15, 0.2) is 22.7 Å². The Morgan fingerprint density at radius 1 is 1.47 bits per heavy atom. The third kappa shape index (κ3) is 2.30. The molecule has 0 saturated carbocycles. The van der Waals surface area contributed by atoms with Crippen LogP contribution in [0, 0.1) is 0 Å². The zero-order chi connectivity index (χ0) is 12.6. The molecule has 0 atom stereocenters. The van der Waals surface area contributed by atoms with Gasteiger partial charge in [0.1, 0.15) is 4.88 Å². The molecule has 1 amide bonds. The van der Waals surface area contributed by atoms with Crippen molar-refractivity contribution in [3.8, 4) is 0 Å². The number of thiophene rings is 1. The van der Waals surface area contributed by atoms with Gasteiger partial charge in [0.05, 0.1) is 5.69 Å². The fourth-order valence-electron chi connectivity index (χ4n) is 1.63. The van der Waals surface area contributed by atoms with E-state index in [-0.39, 0.29) is 11.9 Å². The Balaban J connectivity index is 2.53. The van der Waals surface area contributed by atoms with Crippen LogP contribution >= 0.6 is 27.3 Å². The van der Waals surface area contributed by atoms with E-state index in [1.165, 1.54) is 11.3 Å². The lowest BCUT2D eigenvalue weighted by Crippen LogP contribution is -2.29. The second-order valence-corrected chi connectivity index (χ2v) is 5.99. The Morgan fingerprint density at radius 2 is 2.18 bits per heavy atom. The number of nitrogens with one attached hydrogen (secondary N) is 1. The van der Waals surface area contributed by atoms with Crippen molar-refractivity contribution in [1.29, 1.82) is 0 Å². The van der Waals surface area contributed by atoms with E-state index in [1.807, 2.05) is 32.0 Å². The molecule has 2 aromatic rings. The molecule has 3 nitrogen and oxygen atoms in total. The van der Waals surface area contributed by atoms with Gasteiger partial charge in [-0.05, 0) is 26.0 Å². The van der Waals surface area contributed by atoms with Crippen molar-refractivity contribution in [3.05, 3.63) is 27.5 Å². The highest BCUT2D eigenvalue weighted by molar-refractivity contribution is 9.10. The first-order valence-electron chi connectivity index (χ1n) is 5.28. The van der Waals surface area contributed by atoms with Gasteiger partial charge in [-0.1, -0.05) is 22.0 Å².